The summed E-state index contributed by atoms with van der Waals surface area (Å²) in [6, 6.07) is 4.07. The molecule has 8 nitrogen and oxygen atoms in total. The SMILES string of the molecule is CN(C)C(=O)CN=C(NCc1cccs1)NCC1COC2(CCOCC2)O1.I. The zero-order chi connectivity index (χ0) is 19.1. The van der Waals surface area contributed by atoms with Crippen LogP contribution in [-0.2, 0) is 25.5 Å². The van der Waals surface area contributed by atoms with Gasteiger partial charge in [0, 0.05) is 38.4 Å². The molecule has 0 bridgehead atoms. The van der Waals surface area contributed by atoms with Gasteiger partial charge in [0.25, 0.3) is 0 Å². The van der Waals surface area contributed by atoms with E-state index in [4.69, 9.17) is 14.2 Å². The van der Waals surface area contributed by atoms with Crippen molar-refractivity contribution in [3.8, 4) is 0 Å². The highest BCUT2D eigenvalue weighted by atomic mass is 127. The van der Waals surface area contributed by atoms with Gasteiger partial charge >= 0.3 is 0 Å². The molecule has 1 atom stereocenters. The molecule has 158 valence electrons. The summed E-state index contributed by atoms with van der Waals surface area (Å²) in [5, 5.41) is 8.59. The molecule has 0 radical (unpaired) electrons. The van der Waals surface area contributed by atoms with E-state index in [0.717, 1.165) is 12.8 Å². The topological polar surface area (TPSA) is 84.4 Å². The summed E-state index contributed by atoms with van der Waals surface area (Å²) in [5.41, 5.74) is 0. The minimum Gasteiger partial charge on any atom is -0.381 e. The monoisotopic (exact) mass is 524 g/mol. The number of hydrogen-bond acceptors (Lipinski definition) is 6. The summed E-state index contributed by atoms with van der Waals surface area (Å²) < 4.78 is 17.4. The van der Waals surface area contributed by atoms with Gasteiger partial charge in [0.05, 0.1) is 26.4 Å². The van der Waals surface area contributed by atoms with Gasteiger partial charge in [0.15, 0.2) is 11.7 Å². The van der Waals surface area contributed by atoms with Crippen molar-refractivity contribution >= 4 is 47.2 Å². The third-order valence-electron chi connectivity index (χ3n) is 4.55. The molecule has 1 spiro atoms. The van der Waals surface area contributed by atoms with Crippen LogP contribution in [0.15, 0.2) is 22.5 Å². The van der Waals surface area contributed by atoms with Gasteiger partial charge in [-0.1, -0.05) is 6.07 Å². The van der Waals surface area contributed by atoms with Crippen LogP contribution in [0.1, 0.15) is 17.7 Å². The summed E-state index contributed by atoms with van der Waals surface area (Å²) in [6.45, 7) is 3.19. The number of ether oxygens (including phenoxy) is 3. The summed E-state index contributed by atoms with van der Waals surface area (Å²) in [4.78, 5) is 19.0. The van der Waals surface area contributed by atoms with Crippen molar-refractivity contribution in [2.24, 2.45) is 4.99 Å². The number of thiophene rings is 1. The standard InChI is InChI=1S/C18H28N4O4S.HI/c1-22(2)16(23)12-21-17(20-11-15-4-3-9-27-15)19-10-14-13-25-18(26-14)5-7-24-8-6-18;/h3-4,9,14H,5-8,10-13H2,1-2H3,(H2,19,20,21);1H. The Labute approximate surface area is 187 Å². The van der Waals surface area contributed by atoms with Gasteiger partial charge in [0.2, 0.25) is 5.91 Å². The van der Waals surface area contributed by atoms with Crippen LogP contribution >= 0.6 is 35.3 Å². The maximum Gasteiger partial charge on any atom is 0.243 e. The van der Waals surface area contributed by atoms with Gasteiger partial charge in [-0.25, -0.2) is 4.99 Å². The van der Waals surface area contributed by atoms with Crippen LogP contribution in [0.5, 0.6) is 0 Å². The van der Waals surface area contributed by atoms with Crippen LogP contribution in [-0.4, -0.2) is 75.7 Å². The highest BCUT2D eigenvalue weighted by Gasteiger charge is 2.42. The molecule has 0 aromatic carbocycles. The molecule has 2 fully saturated rings. The molecule has 0 saturated carbocycles. The van der Waals surface area contributed by atoms with Crippen molar-refractivity contribution in [1.82, 2.24) is 15.5 Å². The van der Waals surface area contributed by atoms with Crippen LogP contribution in [0, 0.1) is 0 Å². The number of nitrogens with zero attached hydrogens (tertiary/aromatic N) is 2. The largest absolute Gasteiger partial charge is 0.381 e. The Morgan fingerprint density at radius 2 is 2.14 bits per heavy atom. The average molecular weight is 524 g/mol. The third-order valence-corrected chi connectivity index (χ3v) is 5.42. The Bertz CT molecular complexity index is 636. The quantitative estimate of drug-likeness (QED) is 0.333. The number of likely N-dealkylation sites (N-methyl/N-ethyl adjacent to an activating group) is 1. The van der Waals surface area contributed by atoms with Crippen molar-refractivity contribution in [1.29, 1.82) is 0 Å². The zero-order valence-corrected chi connectivity index (χ0v) is 19.5. The molecular weight excluding hydrogens is 495 g/mol. The fourth-order valence-corrected chi connectivity index (χ4v) is 3.56. The molecule has 3 rings (SSSR count). The number of rotatable bonds is 6. The fraction of sp³-hybridized carbons (Fsp3) is 0.667. The van der Waals surface area contributed by atoms with E-state index < -0.39 is 5.79 Å². The van der Waals surface area contributed by atoms with E-state index in [1.807, 2.05) is 11.4 Å². The highest BCUT2D eigenvalue weighted by molar-refractivity contribution is 14.0. The lowest BCUT2D eigenvalue weighted by atomic mass is 10.1. The first-order valence-corrected chi connectivity index (χ1v) is 10.1. The molecule has 3 heterocycles. The molecule has 1 aromatic rings. The lowest BCUT2D eigenvalue weighted by Gasteiger charge is -2.31. The van der Waals surface area contributed by atoms with E-state index in [2.05, 4.69) is 21.7 Å². The van der Waals surface area contributed by atoms with E-state index in [1.165, 1.54) is 9.78 Å². The number of guanidine groups is 1. The molecule has 2 saturated heterocycles. The zero-order valence-electron chi connectivity index (χ0n) is 16.3. The number of aliphatic imine (C=N–C) groups is 1. The minimum absolute atomic E-state index is 0. The van der Waals surface area contributed by atoms with Crippen molar-refractivity contribution in [2.45, 2.75) is 31.3 Å². The second kappa shape index (κ2) is 11.3. The molecule has 1 aromatic heterocycles. The average Bonchev–Trinajstić information content (AvgIpc) is 3.32. The van der Waals surface area contributed by atoms with E-state index in [1.54, 1.807) is 25.4 Å². The van der Waals surface area contributed by atoms with Gasteiger partial charge in [-0.05, 0) is 11.4 Å². The maximum atomic E-state index is 11.9. The Morgan fingerprint density at radius 1 is 1.36 bits per heavy atom. The first-order valence-electron chi connectivity index (χ1n) is 9.20. The number of carbonyl (C=O) groups is 1. The Kier molecular flexibility index (Phi) is 9.41. The van der Waals surface area contributed by atoms with Crippen LogP contribution in [0.25, 0.3) is 0 Å². The molecule has 1 unspecified atom stereocenters. The predicted octanol–water partition coefficient (Wildman–Crippen LogP) is 1.41. The molecule has 28 heavy (non-hydrogen) atoms. The number of halogens is 1. The lowest BCUT2D eigenvalue weighted by molar-refractivity contribution is -0.210. The number of amides is 1. The lowest BCUT2D eigenvalue weighted by Crippen LogP contribution is -2.43. The summed E-state index contributed by atoms with van der Waals surface area (Å²) in [7, 11) is 3.45. The molecule has 2 aliphatic heterocycles. The normalized spacial score (nSPS) is 21.2. The summed E-state index contributed by atoms with van der Waals surface area (Å²) in [6.07, 6.45) is 1.47. The van der Waals surface area contributed by atoms with E-state index >= 15 is 0 Å². The van der Waals surface area contributed by atoms with Crippen LogP contribution in [0.2, 0.25) is 0 Å². The number of nitrogens with one attached hydrogen (secondary N) is 2. The van der Waals surface area contributed by atoms with Crippen LogP contribution < -0.4 is 10.6 Å². The third kappa shape index (κ3) is 6.83. The Morgan fingerprint density at radius 3 is 2.82 bits per heavy atom. The smallest absolute Gasteiger partial charge is 0.243 e. The van der Waals surface area contributed by atoms with Gasteiger partial charge < -0.3 is 29.7 Å². The van der Waals surface area contributed by atoms with E-state index in [9.17, 15) is 4.79 Å². The van der Waals surface area contributed by atoms with E-state index in [-0.39, 0.29) is 42.5 Å². The molecule has 2 aliphatic rings. The van der Waals surface area contributed by atoms with Crippen molar-refractivity contribution in [3.63, 3.8) is 0 Å². The van der Waals surface area contributed by atoms with Crippen molar-refractivity contribution < 1.29 is 19.0 Å². The second-order valence-electron chi connectivity index (χ2n) is 6.84. The van der Waals surface area contributed by atoms with Crippen molar-refractivity contribution in [3.05, 3.63) is 22.4 Å². The van der Waals surface area contributed by atoms with Crippen LogP contribution in [0.3, 0.4) is 0 Å². The first kappa shape index (κ1) is 23.3. The first-order chi connectivity index (χ1) is 13.1. The number of carbonyl (C=O) groups excluding carboxylic acids is 1. The van der Waals surface area contributed by atoms with Gasteiger partial charge in [0.1, 0.15) is 12.6 Å². The Balaban J connectivity index is 0.00000280. The fourth-order valence-electron chi connectivity index (χ4n) is 2.92. The van der Waals surface area contributed by atoms with Crippen molar-refractivity contribution in [2.75, 3.05) is 47.0 Å². The Hall–Kier alpha value is -0.950. The molecule has 0 aliphatic carbocycles. The molecule has 1 amide bonds. The molecular formula is C18H29IN4O4S. The van der Waals surface area contributed by atoms with Gasteiger partial charge in [-0.3, -0.25) is 4.79 Å². The van der Waals surface area contributed by atoms with Gasteiger partial charge in [-0.15, -0.1) is 35.3 Å². The van der Waals surface area contributed by atoms with Crippen LogP contribution in [0.4, 0.5) is 0 Å². The molecule has 10 heteroatoms. The minimum atomic E-state index is -0.493. The number of hydrogen-bond donors (Lipinski definition) is 2. The maximum absolute atomic E-state index is 11.9. The van der Waals surface area contributed by atoms with E-state index in [0.29, 0.717) is 38.9 Å². The predicted molar refractivity (Wildman–Crippen MR) is 119 cm³/mol. The highest BCUT2D eigenvalue weighted by Crippen LogP contribution is 2.32. The molecule has 2 N–H and O–H groups in total. The summed E-state index contributed by atoms with van der Waals surface area (Å²) in [5.74, 6) is 0.0525. The summed E-state index contributed by atoms with van der Waals surface area (Å²) >= 11 is 1.68. The van der Waals surface area contributed by atoms with Gasteiger partial charge in [-0.2, -0.15) is 0 Å². The second-order valence-corrected chi connectivity index (χ2v) is 7.87.